The summed E-state index contributed by atoms with van der Waals surface area (Å²) in [5, 5.41) is 6.49. The number of amides is 1. The Morgan fingerprint density at radius 2 is 1.96 bits per heavy atom. The molecule has 1 amide bonds. The van der Waals surface area contributed by atoms with Gasteiger partial charge in [0.2, 0.25) is 0 Å². The first-order valence-electron chi connectivity index (χ1n) is 7.68. The second-order valence-corrected chi connectivity index (χ2v) is 6.97. The molecule has 0 spiro atoms. The SMILES string of the molecule is C=C(/N=C(\C)Cl)NC(C)c1cccc(NC(=O)c2cccc(Br)c2)c1. The molecule has 1 unspecified atom stereocenters. The van der Waals surface area contributed by atoms with Crippen molar-refractivity contribution >= 4 is 44.3 Å². The molecule has 6 heteroatoms. The van der Waals surface area contributed by atoms with E-state index in [9.17, 15) is 4.79 Å². The van der Waals surface area contributed by atoms with Crippen molar-refractivity contribution in [3.63, 3.8) is 0 Å². The lowest BCUT2D eigenvalue weighted by Crippen LogP contribution is -2.17. The Bertz CT molecular complexity index is 816. The van der Waals surface area contributed by atoms with E-state index in [1.54, 1.807) is 19.1 Å². The minimum absolute atomic E-state index is 0.0324. The van der Waals surface area contributed by atoms with Crippen LogP contribution in [-0.4, -0.2) is 11.1 Å². The van der Waals surface area contributed by atoms with Crippen molar-refractivity contribution in [2.75, 3.05) is 5.32 Å². The van der Waals surface area contributed by atoms with Gasteiger partial charge in [-0.25, -0.2) is 4.99 Å². The summed E-state index contributed by atoms with van der Waals surface area (Å²) >= 11 is 9.12. The molecule has 0 fully saturated rings. The lowest BCUT2D eigenvalue weighted by atomic mass is 10.1. The molecule has 0 bridgehead atoms. The van der Waals surface area contributed by atoms with Gasteiger partial charge in [0.15, 0.2) is 0 Å². The number of nitrogens with zero attached hydrogens (tertiary/aromatic N) is 1. The normalized spacial score (nSPS) is 12.4. The van der Waals surface area contributed by atoms with Crippen LogP contribution < -0.4 is 10.6 Å². The van der Waals surface area contributed by atoms with Gasteiger partial charge in [-0.3, -0.25) is 4.79 Å². The summed E-state index contributed by atoms with van der Waals surface area (Å²) in [7, 11) is 0. The van der Waals surface area contributed by atoms with Gasteiger partial charge in [-0.05, 0) is 49.7 Å². The zero-order valence-corrected chi connectivity index (χ0v) is 16.4. The van der Waals surface area contributed by atoms with Crippen LogP contribution in [0.1, 0.15) is 35.8 Å². The predicted octanol–water partition coefficient (Wildman–Crippen LogP) is 5.48. The van der Waals surface area contributed by atoms with Gasteiger partial charge in [0.25, 0.3) is 5.91 Å². The van der Waals surface area contributed by atoms with Crippen molar-refractivity contribution in [1.82, 2.24) is 5.32 Å². The van der Waals surface area contributed by atoms with Crippen molar-refractivity contribution < 1.29 is 4.79 Å². The molecule has 2 rings (SSSR count). The summed E-state index contributed by atoms with van der Waals surface area (Å²) in [5.41, 5.74) is 2.31. The first-order chi connectivity index (χ1) is 11.8. The van der Waals surface area contributed by atoms with Crippen molar-refractivity contribution in [3.8, 4) is 0 Å². The Kier molecular flexibility index (Phi) is 6.79. The topological polar surface area (TPSA) is 53.5 Å². The molecule has 0 aromatic heterocycles. The highest BCUT2D eigenvalue weighted by molar-refractivity contribution is 9.10. The predicted molar refractivity (Wildman–Crippen MR) is 108 cm³/mol. The van der Waals surface area contributed by atoms with Gasteiger partial charge >= 0.3 is 0 Å². The van der Waals surface area contributed by atoms with E-state index in [4.69, 9.17) is 11.6 Å². The van der Waals surface area contributed by atoms with E-state index in [2.05, 4.69) is 38.1 Å². The molecule has 25 heavy (non-hydrogen) atoms. The van der Waals surface area contributed by atoms with Crippen molar-refractivity contribution in [2.45, 2.75) is 19.9 Å². The third kappa shape index (κ3) is 6.03. The summed E-state index contributed by atoms with van der Waals surface area (Å²) in [6, 6.07) is 14.8. The standard InChI is InChI=1S/C19H19BrClN3O/c1-12(22-14(3)23-13(2)21)15-6-5-9-18(11-15)24-19(25)16-7-4-8-17(20)10-16/h4-12,22H,3H2,1-2H3,(H,24,25)/b23-13+. The maximum Gasteiger partial charge on any atom is 0.255 e. The number of aliphatic imine (C=N–C) groups is 1. The minimum atomic E-state index is -0.161. The lowest BCUT2D eigenvalue weighted by Gasteiger charge is -2.16. The second kappa shape index (κ2) is 8.83. The van der Waals surface area contributed by atoms with E-state index in [0.717, 1.165) is 15.7 Å². The molecule has 0 heterocycles. The van der Waals surface area contributed by atoms with E-state index in [-0.39, 0.29) is 11.9 Å². The molecule has 2 N–H and O–H groups in total. The number of hydrogen-bond donors (Lipinski definition) is 2. The zero-order valence-electron chi connectivity index (χ0n) is 14.0. The number of carbonyl (C=O) groups excluding carboxylic acids is 1. The van der Waals surface area contributed by atoms with E-state index >= 15 is 0 Å². The average molecular weight is 421 g/mol. The van der Waals surface area contributed by atoms with Crippen LogP contribution in [0.15, 0.2) is 70.4 Å². The number of benzene rings is 2. The molecule has 130 valence electrons. The van der Waals surface area contributed by atoms with Crippen LogP contribution in [0, 0.1) is 0 Å². The average Bonchev–Trinajstić information content (AvgIpc) is 2.54. The molecule has 1 atom stereocenters. The number of carbonyl (C=O) groups is 1. The van der Waals surface area contributed by atoms with E-state index in [1.165, 1.54) is 0 Å². The van der Waals surface area contributed by atoms with Crippen molar-refractivity contribution in [3.05, 3.63) is 76.5 Å². The monoisotopic (exact) mass is 419 g/mol. The van der Waals surface area contributed by atoms with E-state index < -0.39 is 0 Å². The molecule has 0 radical (unpaired) electrons. The molecule has 0 saturated heterocycles. The molecular weight excluding hydrogens is 402 g/mol. The number of halogens is 2. The first kappa shape index (κ1) is 19.2. The smallest absolute Gasteiger partial charge is 0.255 e. The zero-order chi connectivity index (χ0) is 18.4. The quantitative estimate of drug-likeness (QED) is 0.608. The molecule has 2 aromatic carbocycles. The highest BCUT2D eigenvalue weighted by atomic mass is 79.9. The number of nitrogens with one attached hydrogen (secondary N) is 2. The van der Waals surface area contributed by atoms with E-state index in [0.29, 0.717) is 16.6 Å². The lowest BCUT2D eigenvalue weighted by molar-refractivity contribution is 0.102. The van der Waals surface area contributed by atoms with Crippen molar-refractivity contribution in [1.29, 1.82) is 0 Å². The Morgan fingerprint density at radius 3 is 2.64 bits per heavy atom. The van der Waals surface area contributed by atoms with Crippen LogP contribution in [0.5, 0.6) is 0 Å². The van der Waals surface area contributed by atoms with Crippen LogP contribution in [0.2, 0.25) is 0 Å². The molecular formula is C19H19BrClN3O. The van der Waals surface area contributed by atoms with Gasteiger partial charge in [0.05, 0.1) is 0 Å². The van der Waals surface area contributed by atoms with Crippen LogP contribution >= 0.6 is 27.5 Å². The summed E-state index contributed by atoms with van der Waals surface area (Å²) in [4.78, 5) is 16.4. The Hall–Kier alpha value is -2.11. The Labute approximate surface area is 161 Å². The van der Waals surface area contributed by atoms with Gasteiger partial charge in [0.1, 0.15) is 11.0 Å². The van der Waals surface area contributed by atoms with E-state index in [1.807, 2.05) is 43.3 Å². The molecule has 4 nitrogen and oxygen atoms in total. The number of hydrogen-bond acceptors (Lipinski definition) is 3. The Balaban J connectivity index is 2.09. The third-order valence-electron chi connectivity index (χ3n) is 3.40. The molecule has 0 aliphatic rings. The maximum atomic E-state index is 12.4. The summed E-state index contributed by atoms with van der Waals surface area (Å²) in [6.07, 6.45) is 0. The van der Waals surface area contributed by atoms with Crippen LogP contribution in [0.25, 0.3) is 0 Å². The van der Waals surface area contributed by atoms with Crippen LogP contribution in [0.4, 0.5) is 5.69 Å². The number of anilines is 1. The van der Waals surface area contributed by atoms with Gasteiger partial charge in [-0.1, -0.05) is 52.3 Å². The minimum Gasteiger partial charge on any atom is -0.364 e. The molecule has 0 aliphatic carbocycles. The number of rotatable bonds is 6. The van der Waals surface area contributed by atoms with Gasteiger partial charge in [0, 0.05) is 21.8 Å². The van der Waals surface area contributed by atoms with Gasteiger partial charge < -0.3 is 10.6 Å². The largest absolute Gasteiger partial charge is 0.364 e. The summed E-state index contributed by atoms with van der Waals surface area (Å²) in [6.45, 7) is 7.50. The summed E-state index contributed by atoms with van der Waals surface area (Å²) in [5.74, 6) is 0.328. The third-order valence-corrected chi connectivity index (χ3v) is 3.98. The Morgan fingerprint density at radius 1 is 1.24 bits per heavy atom. The van der Waals surface area contributed by atoms with Crippen LogP contribution in [-0.2, 0) is 0 Å². The van der Waals surface area contributed by atoms with Gasteiger partial charge in [-0.2, -0.15) is 0 Å². The molecule has 2 aromatic rings. The maximum absolute atomic E-state index is 12.4. The van der Waals surface area contributed by atoms with Gasteiger partial charge in [-0.15, -0.1) is 0 Å². The molecule has 0 saturated carbocycles. The van der Waals surface area contributed by atoms with Crippen LogP contribution in [0.3, 0.4) is 0 Å². The van der Waals surface area contributed by atoms with Crippen molar-refractivity contribution in [2.24, 2.45) is 4.99 Å². The summed E-state index contributed by atoms with van der Waals surface area (Å²) < 4.78 is 0.861. The second-order valence-electron chi connectivity index (χ2n) is 5.51. The molecule has 0 aliphatic heterocycles. The highest BCUT2D eigenvalue weighted by Gasteiger charge is 2.10. The fraction of sp³-hybridized carbons (Fsp3) is 0.158. The highest BCUT2D eigenvalue weighted by Crippen LogP contribution is 2.20. The fourth-order valence-corrected chi connectivity index (χ4v) is 2.77. The first-order valence-corrected chi connectivity index (χ1v) is 8.85. The fourth-order valence-electron chi connectivity index (χ4n) is 2.27.